The molecule has 2 aliphatic heterocycles. The Labute approximate surface area is 187 Å². The molecule has 2 saturated heterocycles. The summed E-state index contributed by atoms with van der Waals surface area (Å²) in [6.07, 6.45) is 1.70. The van der Waals surface area contributed by atoms with Gasteiger partial charge in [-0.3, -0.25) is 4.79 Å². The van der Waals surface area contributed by atoms with Gasteiger partial charge in [0.25, 0.3) is 5.56 Å². The van der Waals surface area contributed by atoms with Crippen LogP contribution >= 0.6 is 0 Å². The summed E-state index contributed by atoms with van der Waals surface area (Å²) >= 11 is 0. The molecule has 0 aliphatic carbocycles. The molecule has 1 aromatic carbocycles. The number of rotatable bonds is 5. The van der Waals surface area contributed by atoms with Gasteiger partial charge in [-0.25, -0.2) is 4.98 Å². The number of ether oxygens (including phenoxy) is 1. The van der Waals surface area contributed by atoms with Gasteiger partial charge in [0.2, 0.25) is 0 Å². The number of nitrogens with zero attached hydrogens (tertiary/aromatic N) is 4. The Kier molecular flexibility index (Phi) is 5.96. The summed E-state index contributed by atoms with van der Waals surface area (Å²) in [4.78, 5) is 27.4. The van der Waals surface area contributed by atoms with Crippen molar-refractivity contribution in [3.8, 4) is 0 Å². The van der Waals surface area contributed by atoms with Crippen molar-refractivity contribution in [2.24, 2.45) is 0 Å². The van der Waals surface area contributed by atoms with Crippen LogP contribution in [0.25, 0.3) is 10.8 Å². The molecule has 0 radical (unpaired) electrons. The van der Waals surface area contributed by atoms with Gasteiger partial charge < -0.3 is 29.7 Å². The molecule has 4 heterocycles. The molecule has 0 spiro atoms. The number of morpholine rings is 1. The molecule has 0 bridgehead atoms. The summed E-state index contributed by atoms with van der Waals surface area (Å²) in [6.45, 7) is 10.5. The quantitative estimate of drug-likeness (QED) is 0.639. The molecule has 8 nitrogen and oxygen atoms in total. The Bertz CT molecular complexity index is 1120. The summed E-state index contributed by atoms with van der Waals surface area (Å²) in [7, 11) is 0. The van der Waals surface area contributed by atoms with Crippen LogP contribution in [0.3, 0.4) is 0 Å². The van der Waals surface area contributed by atoms with E-state index in [2.05, 4.69) is 44.1 Å². The largest absolute Gasteiger partial charge is 0.378 e. The van der Waals surface area contributed by atoms with Gasteiger partial charge in [0, 0.05) is 56.8 Å². The van der Waals surface area contributed by atoms with Crippen LogP contribution in [0, 0.1) is 0 Å². The van der Waals surface area contributed by atoms with Gasteiger partial charge >= 0.3 is 0 Å². The zero-order valence-electron chi connectivity index (χ0n) is 18.5. The van der Waals surface area contributed by atoms with Gasteiger partial charge in [0.15, 0.2) is 0 Å². The van der Waals surface area contributed by atoms with E-state index in [9.17, 15) is 4.79 Å². The molecule has 0 unspecified atom stereocenters. The zero-order valence-corrected chi connectivity index (χ0v) is 18.5. The number of piperazine rings is 1. The van der Waals surface area contributed by atoms with Crippen LogP contribution in [0.5, 0.6) is 0 Å². The third-order valence-electron chi connectivity index (χ3n) is 6.39. The number of hydrogen-bond donors (Lipinski definition) is 2. The molecular formula is C24H30N6O2. The molecule has 32 heavy (non-hydrogen) atoms. The van der Waals surface area contributed by atoms with E-state index in [1.165, 1.54) is 5.69 Å². The van der Waals surface area contributed by atoms with Crippen LogP contribution in [0.1, 0.15) is 6.92 Å². The Balaban J connectivity index is 1.44. The Morgan fingerprint density at radius 2 is 1.75 bits per heavy atom. The van der Waals surface area contributed by atoms with Crippen molar-refractivity contribution in [3.05, 3.63) is 52.9 Å². The maximum Gasteiger partial charge on any atom is 0.259 e. The molecule has 2 aromatic heterocycles. The van der Waals surface area contributed by atoms with Crippen molar-refractivity contribution < 1.29 is 4.74 Å². The maximum absolute atomic E-state index is 12.6. The molecule has 0 amide bonds. The number of benzene rings is 1. The lowest BCUT2D eigenvalue weighted by molar-refractivity contribution is 0.122. The fourth-order valence-corrected chi connectivity index (χ4v) is 4.46. The smallest absolute Gasteiger partial charge is 0.259 e. The van der Waals surface area contributed by atoms with Crippen LogP contribution in [0.2, 0.25) is 0 Å². The van der Waals surface area contributed by atoms with Gasteiger partial charge in [-0.1, -0.05) is 6.92 Å². The van der Waals surface area contributed by atoms with E-state index in [0.717, 1.165) is 75.9 Å². The second-order valence-corrected chi connectivity index (χ2v) is 8.29. The third kappa shape index (κ3) is 4.28. The Morgan fingerprint density at radius 3 is 2.47 bits per heavy atom. The second kappa shape index (κ2) is 9.18. The van der Waals surface area contributed by atoms with Crippen molar-refractivity contribution in [2.45, 2.75) is 6.92 Å². The first kappa shape index (κ1) is 20.8. The highest BCUT2D eigenvalue weighted by atomic mass is 16.5. The number of fused-ring (bicyclic) bond motifs is 1. The van der Waals surface area contributed by atoms with Crippen molar-refractivity contribution in [1.29, 1.82) is 0 Å². The van der Waals surface area contributed by atoms with E-state index in [4.69, 9.17) is 9.72 Å². The SMILES string of the molecule is CCN1CCN(c2cc3cc[nH]c(=O)c3c(Nc3ccc(N4CCOCC4)cc3)n2)CC1. The molecule has 2 N–H and O–H groups in total. The van der Waals surface area contributed by atoms with Crippen LogP contribution in [0.4, 0.5) is 23.0 Å². The fourth-order valence-electron chi connectivity index (χ4n) is 4.46. The predicted octanol–water partition coefficient (Wildman–Crippen LogP) is 2.65. The van der Waals surface area contributed by atoms with Crippen LogP contribution in [-0.4, -0.2) is 73.9 Å². The minimum Gasteiger partial charge on any atom is -0.378 e. The average Bonchev–Trinajstić information content (AvgIpc) is 2.85. The van der Waals surface area contributed by atoms with E-state index >= 15 is 0 Å². The Morgan fingerprint density at radius 1 is 1.00 bits per heavy atom. The minimum absolute atomic E-state index is 0.134. The van der Waals surface area contributed by atoms with Crippen LogP contribution < -0.4 is 20.7 Å². The first-order valence-electron chi connectivity index (χ1n) is 11.4. The highest BCUT2D eigenvalue weighted by Crippen LogP contribution is 2.28. The van der Waals surface area contributed by atoms with Gasteiger partial charge in [0.05, 0.1) is 18.6 Å². The first-order valence-corrected chi connectivity index (χ1v) is 11.4. The van der Waals surface area contributed by atoms with Crippen LogP contribution in [0.15, 0.2) is 47.4 Å². The monoisotopic (exact) mass is 434 g/mol. The molecule has 2 aliphatic rings. The zero-order chi connectivity index (χ0) is 21.9. The molecule has 0 saturated carbocycles. The number of aromatic amines is 1. The number of nitrogens with one attached hydrogen (secondary N) is 2. The van der Waals surface area contributed by atoms with Gasteiger partial charge in [0.1, 0.15) is 11.6 Å². The van der Waals surface area contributed by atoms with Crippen molar-refractivity contribution in [3.63, 3.8) is 0 Å². The van der Waals surface area contributed by atoms with Gasteiger partial charge in [-0.15, -0.1) is 0 Å². The number of anilines is 4. The molecule has 8 heteroatoms. The van der Waals surface area contributed by atoms with E-state index in [1.54, 1.807) is 6.20 Å². The van der Waals surface area contributed by atoms with Gasteiger partial charge in [-0.2, -0.15) is 0 Å². The lowest BCUT2D eigenvalue weighted by atomic mass is 10.2. The average molecular weight is 435 g/mol. The third-order valence-corrected chi connectivity index (χ3v) is 6.39. The molecule has 168 valence electrons. The number of H-pyrrole nitrogens is 1. The van der Waals surface area contributed by atoms with E-state index < -0.39 is 0 Å². The second-order valence-electron chi connectivity index (χ2n) is 8.29. The lowest BCUT2D eigenvalue weighted by Gasteiger charge is -2.35. The summed E-state index contributed by atoms with van der Waals surface area (Å²) in [6, 6.07) is 12.3. The molecular weight excluding hydrogens is 404 g/mol. The molecule has 0 atom stereocenters. The number of aromatic nitrogens is 2. The van der Waals surface area contributed by atoms with Crippen LogP contribution in [-0.2, 0) is 4.74 Å². The van der Waals surface area contributed by atoms with Crippen molar-refractivity contribution in [1.82, 2.24) is 14.9 Å². The fraction of sp³-hybridized carbons (Fsp3) is 0.417. The minimum atomic E-state index is -0.134. The topological polar surface area (TPSA) is 76.7 Å². The summed E-state index contributed by atoms with van der Waals surface area (Å²) in [5, 5.41) is 4.88. The standard InChI is InChI=1S/C24H30N6O2/c1-2-28-9-11-30(12-10-28)21-17-18-7-8-25-24(31)22(18)23(27-21)26-19-3-5-20(6-4-19)29-13-15-32-16-14-29/h3-8,17H,2,9-16H2,1H3,(H,25,31)(H,26,27). The summed E-state index contributed by atoms with van der Waals surface area (Å²) in [5.74, 6) is 1.50. The lowest BCUT2D eigenvalue weighted by Crippen LogP contribution is -2.46. The van der Waals surface area contributed by atoms with E-state index in [0.29, 0.717) is 11.2 Å². The molecule has 5 rings (SSSR count). The van der Waals surface area contributed by atoms with Gasteiger partial charge in [-0.05, 0) is 48.3 Å². The maximum atomic E-state index is 12.6. The summed E-state index contributed by atoms with van der Waals surface area (Å²) < 4.78 is 5.45. The highest BCUT2D eigenvalue weighted by Gasteiger charge is 2.19. The number of likely N-dealkylation sites (N-methyl/N-ethyl adjacent to an activating group) is 1. The number of pyridine rings is 2. The molecule has 3 aromatic rings. The Hall–Kier alpha value is -3.10. The highest BCUT2D eigenvalue weighted by molar-refractivity contribution is 5.94. The van der Waals surface area contributed by atoms with Crippen molar-refractivity contribution >= 4 is 33.8 Å². The summed E-state index contributed by atoms with van der Waals surface area (Å²) in [5.41, 5.74) is 1.95. The van der Waals surface area contributed by atoms with E-state index in [-0.39, 0.29) is 5.56 Å². The normalized spacial score (nSPS) is 17.7. The predicted molar refractivity (Wildman–Crippen MR) is 129 cm³/mol. The number of hydrogen-bond acceptors (Lipinski definition) is 7. The van der Waals surface area contributed by atoms with Crippen molar-refractivity contribution in [2.75, 3.05) is 74.1 Å². The first-order chi connectivity index (χ1) is 15.7. The van der Waals surface area contributed by atoms with E-state index in [1.807, 2.05) is 24.3 Å². The molecule has 2 fully saturated rings.